The molecule has 1 fully saturated rings. The molecule has 8 nitrogen and oxygen atoms in total. The third-order valence-electron chi connectivity index (χ3n) is 6.20. The first kappa shape index (κ1) is 28.6. The van der Waals surface area contributed by atoms with Crippen molar-refractivity contribution in [3.05, 3.63) is 24.3 Å². The number of aliphatic carboxylic acids is 2. The topological polar surface area (TPSA) is 138 Å². The van der Waals surface area contributed by atoms with Crippen LogP contribution in [0.25, 0.3) is 0 Å². The first-order valence-corrected chi connectivity index (χ1v) is 11.7. The van der Waals surface area contributed by atoms with E-state index in [2.05, 4.69) is 0 Å². The van der Waals surface area contributed by atoms with Gasteiger partial charge in [0, 0.05) is 12.3 Å². The van der Waals surface area contributed by atoms with Gasteiger partial charge in [-0.1, -0.05) is 50.5 Å². The molecule has 0 aromatic rings. The van der Waals surface area contributed by atoms with Crippen molar-refractivity contribution in [3.8, 4) is 0 Å². The Balaban J connectivity index is 3.02. The van der Waals surface area contributed by atoms with Crippen molar-refractivity contribution in [2.75, 3.05) is 6.61 Å². The fourth-order valence-electron chi connectivity index (χ4n) is 4.24. The summed E-state index contributed by atoms with van der Waals surface area (Å²) in [6, 6.07) is 0. The number of ketones is 1. The van der Waals surface area contributed by atoms with Gasteiger partial charge in [-0.2, -0.15) is 0 Å². The second kappa shape index (κ2) is 13.3. The standard InChI is InChI=1S/C25H38O8/c1-4-6-10-14-24(3,32)16-13-18-17-19(22(28)29)21(27)25(18,23(30)31)15-11-8-7-9-12-20(26)33-5-2/h8,11,13,16,18-19,32H,4-7,9-10,12,14-15,17H2,1-3H3,(H,28,29)(H,30,31)/t18?,19-,24?,25-/m1/s1. The van der Waals surface area contributed by atoms with Crippen molar-refractivity contribution in [1.82, 2.24) is 0 Å². The quantitative estimate of drug-likeness (QED) is 0.143. The molecule has 4 atom stereocenters. The highest BCUT2D eigenvalue weighted by atomic mass is 16.5. The van der Waals surface area contributed by atoms with E-state index in [0.717, 1.165) is 19.3 Å². The SMILES string of the molecule is CCCCCC(C)(O)C=CC1C[C@@H](C(=O)O)C(=O)[C@]1(CC=CCCCC(=O)OCC)C(=O)O. The van der Waals surface area contributed by atoms with Crippen LogP contribution in [0.1, 0.15) is 78.6 Å². The number of unbranched alkanes of at least 4 members (excludes halogenated alkanes) is 3. The number of ether oxygens (including phenoxy) is 1. The van der Waals surface area contributed by atoms with Gasteiger partial charge < -0.3 is 20.1 Å². The second-order valence-corrected chi connectivity index (χ2v) is 8.92. The molecule has 8 heteroatoms. The van der Waals surface area contributed by atoms with E-state index in [4.69, 9.17) is 4.74 Å². The van der Waals surface area contributed by atoms with Crippen LogP contribution in [0.2, 0.25) is 0 Å². The minimum atomic E-state index is -1.91. The Bertz CT molecular complexity index is 752. The molecule has 2 unspecified atom stereocenters. The van der Waals surface area contributed by atoms with Crippen LogP contribution < -0.4 is 0 Å². The average molecular weight is 467 g/mol. The van der Waals surface area contributed by atoms with Crippen LogP contribution in [0.3, 0.4) is 0 Å². The van der Waals surface area contributed by atoms with E-state index in [1.165, 1.54) is 12.2 Å². The molecule has 33 heavy (non-hydrogen) atoms. The highest BCUT2D eigenvalue weighted by Crippen LogP contribution is 2.48. The normalized spacial score (nSPS) is 24.9. The Morgan fingerprint density at radius 3 is 2.42 bits per heavy atom. The molecule has 0 saturated heterocycles. The molecule has 1 aliphatic carbocycles. The smallest absolute Gasteiger partial charge is 0.318 e. The van der Waals surface area contributed by atoms with Crippen molar-refractivity contribution in [1.29, 1.82) is 0 Å². The predicted octanol–water partition coefficient (Wildman–Crippen LogP) is 3.91. The third kappa shape index (κ3) is 8.11. The van der Waals surface area contributed by atoms with Crippen LogP contribution in [0, 0.1) is 17.3 Å². The van der Waals surface area contributed by atoms with E-state index in [-0.39, 0.29) is 25.2 Å². The first-order chi connectivity index (χ1) is 15.5. The van der Waals surface area contributed by atoms with E-state index in [1.54, 1.807) is 26.0 Å². The highest BCUT2D eigenvalue weighted by molar-refractivity contribution is 6.13. The van der Waals surface area contributed by atoms with E-state index < -0.39 is 40.6 Å². The summed E-state index contributed by atoms with van der Waals surface area (Å²) in [7, 11) is 0. The number of allylic oxidation sites excluding steroid dienone is 3. The van der Waals surface area contributed by atoms with Gasteiger partial charge in [0.05, 0.1) is 12.2 Å². The molecule has 0 heterocycles. The fraction of sp³-hybridized carbons (Fsp3) is 0.680. The maximum Gasteiger partial charge on any atom is 0.318 e. The maximum atomic E-state index is 13.0. The number of carboxylic acid groups (broad SMARTS) is 2. The Labute approximate surface area is 195 Å². The molecule has 186 valence electrons. The Morgan fingerprint density at radius 1 is 1.15 bits per heavy atom. The van der Waals surface area contributed by atoms with E-state index in [9.17, 15) is 34.5 Å². The average Bonchev–Trinajstić information content (AvgIpc) is 3.02. The van der Waals surface area contributed by atoms with Crippen molar-refractivity contribution in [3.63, 3.8) is 0 Å². The van der Waals surface area contributed by atoms with E-state index in [0.29, 0.717) is 25.9 Å². The van der Waals surface area contributed by atoms with Crippen LogP contribution in [-0.4, -0.2) is 51.2 Å². The van der Waals surface area contributed by atoms with Gasteiger partial charge >= 0.3 is 17.9 Å². The molecule has 1 aliphatic rings. The molecule has 0 amide bonds. The third-order valence-corrected chi connectivity index (χ3v) is 6.20. The van der Waals surface area contributed by atoms with Crippen LogP contribution in [0.15, 0.2) is 24.3 Å². The molecule has 1 saturated carbocycles. The van der Waals surface area contributed by atoms with Gasteiger partial charge in [0.1, 0.15) is 11.3 Å². The molecule has 0 bridgehead atoms. The zero-order valence-electron chi connectivity index (χ0n) is 19.9. The van der Waals surface area contributed by atoms with Gasteiger partial charge in [-0.3, -0.25) is 19.2 Å². The van der Waals surface area contributed by atoms with Gasteiger partial charge in [-0.15, -0.1) is 0 Å². The molecule has 0 spiro atoms. The molecule has 3 N–H and O–H groups in total. The zero-order chi connectivity index (χ0) is 25.1. The van der Waals surface area contributed by atoms with Gasteiger partial charge in [0.2, 0.25) is 0 Å². The summed E-state index contributed by atoms with van der Waals surface area (Å²) in [6.45, 7) is 5.70. The first-order valence-electron chi connectivity index (χ1n) is 11.7. The summed E-state index contributed by atoms with van der Waals surface area (Å²) >= 11 is 0. The predicted molar refractivity (Wildman–Crippen MR) is 122 cm³/mol. The van der Waals surface area contributed by atoms with Crippen LogP contribution in [0.5, 0.6) is 0 Å². The maximum absolute atomic E-state index is 13.0. The lowest BCUT2D eigenvalue weighted by atomic mass is 9.73. The van der Waals surface area contributed by atoms with Gasteiger partial charge in [0.25, 0.3) is 0 Å². The monoisotopic (exact) mass is 466 g/mol. The summed E-state index contributed by atoms with van der Waals surface area (Å²) in [5.74, 6) is -6.09. The van der Waals surface area contributed by atoms with Crippen molar-refractivity contribution >= 4 is 23.7 Å². The molecule has 0 radical (unpaired) electrons. The molecular formula is C25H38O8. The summed E-state index contributed by atoms with van der Waals surface area (Å²) in [5, 5.41) is 30.1. The van der Waals surface area contributed by atoms with E-state index in [1.807, 2.05) is 6.92 Å². The van der Waals surface area contributed by atoms with Gasteiger partial charge in [-0.05, 0) is 46.0 Å². The van der Waals surface area contributed by atoms with Crippen molar-refractivity contribution in [2.45, 2.75) is 84.2 Å². The van der Waals surface area contributed by atoms with E-state index >= 15 is 0 Å². The molecule has 0 aliphatic heterocycles. The van der Waals surface area contributed by atoms with Crippen molar-refractivity contribution in [2.24, 2.45) is 17.3 Å². The van der Waals surface area contributed by atoms with Gasteiger partial charge in [-0.25, -0.2) is 0 Å². The molecule has 0 aromatic heterocycles. The summed E-state index contributed by atoms with van der Waals surface area (Å²) in [5.41, 5.74) is -3.08. The minimum absolute atomic E-state index is 0.126. The van der Waals surface area contributed by atoms with Gasteiger partial charge in [0.15, 0.2) is 5.78 Å². The minimum Gasteiger partial charge on any atom is -0.481 e. The summed E-state index contributed by atoms with van der Waals surface area (Å²) in [4.78, 5) is 48.3. The molecule has 1 rings (SSSR count). The second-order valence-electron chi connectivity index (χ2n) is 8.92. The number of rotatable bonds is 15. The number of esters is 1. The largest absolute Gasteiger partial charge is 0.481 e. The van der Waals surface area contributed by atoms with Crippen LogP contribution >= 0.6 is 0 Å². The lowest BCUT2D eigenvalue weighted by Crippen LogP contribution is -2.42. The number of Topliss-reactive ketones (excluding diaryl/α,β-unsaturated/α-hetero) is 1. The number of aliphatic hydroxyl groups is 1. The lowest BCUT2D eigenvalue weighted by molar-refractivity contribution is -0.156. The van der Waals surface area contributed by atoms with Crippen molar-refractivity contribution < 1.29 is 39.2 Å². The Hall–Kier alpha value is -2.48. The number of hydrogen-bond donors (Lipinski definition) is 3. The van der Waals surface area contributed by atoms with Crippen LogP contribution in [0.4, 0.5) is 0 Å². The van der Waals surface area contributed by atoms with Crippen LogP contribution in [-0.2, 0) is 23.9 Å². The fourth-order valence-corrected chi connectivity index (χ4v) is 4.24. The number of carboxylic acids is 2. The summed E-state index contributed by atoms with van der Waals surface area (Å²) < 4.78 is 4.86. The molecule has 0 aromatic carbocycles. The summed E-state index contributed by atoms with van der Waals surface area (Å²) in [6.07, 6.45) is 10.5. The highest BCUT2D eigenvalue weighted by Gasteiger charge is 2.60. The zero-order valence-corrected chi connectivity index (χ0v) is 19.9. The Kier molecular flexibility index (Phi) is 11.5. The number of carbonyl (C=O) groups is 4. The number of carbonyl (C=O) groups excluding carboxylic acids is 2. The number of hydrogen-bond acceptors (Lipinski definition) is 6. The Morgan fingerprint density at radius 2 is 1.85 bits per heavy atom. The lowest BCUT2D eigenvalue weighted by Gasteiger charge is -2.28. The molecular weight excluding hydrogens is 428 g/mol.